The van der Waals surface area contributed by atoms with Crippen molar-refractivity contribution in [3.63, 3.8) is 0 Å². The second kappa shape index (κ2) is 5.43. The predicted molar refractivity (Wildman–Crippen MR) is 77.8 cm³/mol. The fourth-order valence-electron chi connectivity index (χ4n) is 2.63. The van der Waals surface area contributed by atoms with Gasteiger partial charge in [-0.1, -0.05) is 35.9 Å². The van der Waals surface area contributed by atoms with E-state index in [1.165, 1.54) is 12.1 Å². The Morgan fingerprint density at radius 1 is 1.30 bits per heavy atom. The van der Waals surface area contributed by atoms with Crippen molar-refractivity contribution in [1.82, 2.24) is 0 Å². The van der Waals surface area contributed by atoms with E-state index in [9.17, 15) is 4.39 Å². The van der Waals surface area contributed by atoms with Crippen LogP contribution in [0.2, 0.25) is 5.02 Å². The third kappa shape index (κ3) is 2.51. The van der Waals surface area contributed by atoms with Crippen molar-refractivity contribution >= 4 is 11.6 Å². The Bertz CT molecular complexity index is 632. The molecule has 20 heavy (non-hydrogen) atoms. The lowest BCUT2D eigenvalue weighted by Gasteiger charge is -2.19. The number of para-hydroxylation sites is 1. The van der Waals surface area contributed by atoms with Crippen LogP contribution in [0, 0.1) is 5.82 Å². The van der Waals surface area contributed by atoms with Crippen LogP contribution < -0.4 is 10.5 Å². The molecule has 2 aromatic rings. The van der Waals surface area contributed by atoms with Crippen molar-refractivity contribution in [2.24, 2.45) is 5.73 Å². The van der Waals surface area contributed by atoms with E-state index in [0.717, 1.165) is 16.9 Å². The summed E-state index contributed by atoms with van der Waals surface area (Å²) >= 11 is 6.05. The lowest BCUT2D eigenvalue weighted by molar-refractivity contribution is 0.313. The van der Waals surface area contributed by atoms with Crippen LogP contribution >= 0.6 is 11.6 Å². The van der Waals surface area contributed by atoms with E-state index in [4.69, 9.17) is 22.1 Å². The summed E-state index contributed by atoms with van der Waals surface area (Å²) in [5.41, 5.74) is 8.30. The molecule has 3 rings (SSSR count). The van der Waals surface area contributed by atoms with Crippen molar-refractivity contribution in [2.75, 3.05) is 6.61 Å². The molecule has 0 fully saturated rings. The van der Waals surface area contributed by atoms with Crippen molar-refractivity contribution in [3.8, 4) is 5.75 Å². The maximum absolute atomic E-state index is 13.0. The minimum Gasteiger partial charge on any atom is -0.493 e. The van der Waals surface area contributed by atoms with Crippen molar-refractivity contribution in [3.05, 3.63) is 64.4 Å². The molecule has 104 valence electrons. The van der Waals surface area contributed by atoms with Crippen LogP contribution in [-0.4, -0.2) is 12.6 Å². The molecule has 1 aliphatic rings. The number of fused-ring (bicyclic) bond motifs is 1. The third-order valence-electron chi connectivity index (χ3n) is 3.72. The third-order valence-corrected chi connectivity index (χ3v) is 4.08. The van der Waals surface area contributed by atoms with Gasteiger partial charge < -0.3 is 10.5 Å². The average molecular weight is 292 g/mol. The monoisotopic (exact) mass is 291 g/mol. The molecule has 0 amide bonds. The molecule has 2 N–H and O–H groups in total. The topological polar surface area (TPSA) is 35.2 Å². The van der Waals surface area contributed by atoms with Crippen molar-refractivity contribution in [1.29, 1.82) is 0 Å². The Kier molecular flexibility index (Phi) is 3.64. The summed E-state index contributed by atoms with van der Waals surface area (Å²) in [5.74, 6) is 0.715. The molecule has 0 spiro atoms. The Morgan fingerprint density at radius 3 is 2.90 bits per heavy atom. The highest BCUT2D eigenvalue weighted by Crippen LogP contribution is 2.36. The average Bonchev–Trinajstić information content (AvgIpc) is 2.86. The van der Waals surface area contributed by atoms with E-state index in [0.29, 0.717) is 18.1 Å². The highest BCUT2D eigenvalue weighted by Gasteiger charge is 2.29. The number of nitrogens with two attached hydrogens (primary N) is 1. The van der Waals surface area contributed by atoms with E-state index >= 15 is 0 Å². The van der Waals surface area contributed by atoms with Gasteiger partial charge in [-0.05, 0) is 30.2 Å². The maximum Gasteiger partial charge on any atom is 0.124 e. The van der Waals surface area contributed by atoms with Crippen LogP contribution in [0.5, 0.6) is 5.75 Å². The SMILES string of the molecule is NC(Cc1ccc(F)cc1Cl)C1COc2ccccc21. The van der Waals surface area contributed by atoms with E-state index in [2.05, 4.69) is 0 Å². The molecular formula is C16H15ClFNO. The molecule has 2 aromatic carbocycles. The first kappa shape index (κ1) is 13.4. The molecule has 0 radical (unpaired) electrons. The molecule has 4 heteroatoms. The summed E-state index contributed by atoms with van der Waals surface area (Å²) in [6.07, 6.45) is 0.599. The minimum atomic E-state index is -0.332. The van der Waals surface area contributed by atoms with Gasteiger partial charge in [-0.25, -0.2) is 4.39 Å². The van der Waals surface area contributed by atoms with Crippen LogP contribution in [-0.2, 0) is 6.42 Å². The van der Waals surface area contributed by atoms with Gasteiger partial charge in [0, 0.05) is 22.5 Å². The van der Waals surface area contributed by atoms with Crippen LogP contribution in [0.3, 0.4) is 0 Å². The van der Waals surface area contributed by atoms with Crippen LogP contribution in [0.1, 0.15) is 17.0 Å². The summed E-state index contributed by atoms with van der Waals surface area (Å²) in [6, 6.07) is 12.2. The normalized spacial score (nSPS) is 18.4. The Labute approximate surface area is 122 Å². The quantitative estimate of drug-likeness (QED) is 0.939. The summed E-state index contributed by atoms with van der Waals surface area (Å²) in [6.45, 7) is 0.583. The fraction of sp³-hybridized carbons (Fsp3) is 0.250. The molecular weight excluding hydrogens is 277 g/mol. The van der Waals surface area contributed by atoms with Gasteiger partial charge in [-0.2, -0.15) is 0 Å². The zero-order valence-electron chi connectivity index (χ0n) is 10.9. The molecule has 2 nitrogen and oxygen atoms in total. The highest BCUT2D eigenvalue weighted by molar-refractivity contribution is 6.31. The van der Waals surface area contributed by atoms with Gasteiger partial charge in [0.05, 0.1) is 6.61 Å². The van der Waals surface area contributed by atoms with Gasteiger partial charge in [-0.15, -0.1) is 0 Å². The standard InChI is InChI=1S/C16H15ClFNO/c17-14-8-11(18)6-5-10(14)7-15(19)13-9-20-16-4-2-1-3-12(13)16/h1-6,8,13,15H,7,9,19H2. The largest absolute Gasteiger partial charge is 0.493 e. The fourth-order valence-corrected chi connectivity index (χ4v) is 2.87. The molecule has 0 aromatic heterocycles. The van der Waals surface area contributed by atoms with E-state index < -0.39 is 0 Å². The Hall–Kier alpha value is -1.58. The van der Waals surface area contributed by atoms with Crippen LogP contribution in [0.4, 0.5) is 4.39 Å². The molecule has 0 saturated heterocycles. The van der Waals surface area contributed by atoms with Crippen LogP contribution in [0.15, 0.2) is 42.5 Å². The van der Waals surface area contributed by atoms with Gasteiger partial charge in [0.25, 0.3) is 0 Å². The number of hydrogen-bond donors (Lipinski definition) is 1. The number of rotatable bonds is 3. The van der Waals surface area contributed by atoms with Crippen molar-refractivity contribution in [2.45, 2.75) is 18.4 Å². The Balaban J connectivity index is 1.79. The zero-order chi connectivity index (χ0) is 14.1. The first-order valence-electron chi connectivity index (χ1n) is 6.56. The predicted octanol–water partition coefficient (Wildman–Crippen LogP) is 3.53. The summed E-state index contributed by atoms with van der Waals surface area (Å²) in [4.78, 5) is 0. The lowest BCUT2D eigenvalue weighted by Crippen LogP contribution is -2.31. The summed E-state index contributed by atoms with van der Waals surface area (Å²) in [7, 11) is 0. The molecule has 2 atom stereocenters. The first-order valence-corrected chi connectivity index (χ1v) is 6.94. The zero-order valence-corrected chi connectivity index (χ0v) is 11.6. The Morgan fingerprint density at radius 2 is 2.10 bits per heavy atom. The molecule has 2 unspecified atom stereocenters. The van der Waals surface area contributed by atoms with Gasteiger partial charge in [-0.3, -0.25) is 0 Å². The van der Waals surface area contributed by atoms with Gasteiger partial charge >= 0.3 is 0 Å². The van der Waals surface area contributed by atoms with E-state index in [-0.39, 0.29) is 17.8 Å². The smallest absolute Gasteiger partial charge is 0.124 e. The molecule has 0 saturated carbocycles. The maximum atomic E-state index is 13.0. The van der Waals surface area contributed by atoms with E-state index in [1.807, 2.05) is 24.3 Å². The second-order valence-corrected chi connectivity index (χ2v) is 5.47. The second-order valence-electron chi connectivity index (χ2n) is 5.06. The van der Waals surface area contributed by atoms with Gasteiger partial charge in [0.2, 0.25) is 0 Å². The minimum absolute atomic E-state index is 0.110. The van der Waals surface area contributed by atoms with Crippen molar-refractivity contribution < 1.29 is 9.13 Å². The number of benzene rings is 2. The number of ether oxygens (including phenoxy) is 1. The molecule has 0 aliphatic carbocycles. The first-order chi connectivity index (χ1) is 9.65. The number of halogens is 2. The lowest BCUT2D eigenvalue weighted by atomic mass is 9.90. The number of hydrogen-bond acceptors (Lipinski definition) is 2. The van der Waals surface area contributed by atoms with Crippen LogP contribution in [0.25, 0.3) is 0 Å². The molecule has 0 bridgehead atoms. The van der Waals surface area contributed by atoms with E-state index in [1.54, 1.807) is 6.07 Å². The van der Waals surface area contributed by atoms with Gasteiger partial charge in [0.15, 0.2) is 0 Å². The molecule has 1 heterocycles. The summed E-state index contributed by atoms with van der Waals surface area (Å²) < 4.78 is 18.7. The molecule has 1 aliphatic heterocycles. The summed E-state index contributed by atoms with van der Waals surface area (Å²) in [5, 5.41) is 0.424. The van der Waals surface area contributed by atoms with Gasteiger partial charge in [0.1, 0.15) is 11.6 Å². The highest BCUT2D eigenvalue weighted by atomic mass is 35.5.